The lowest BCUT2D eigenvalue weighted by molar-refractivity contribution is 0.0935. The lowest BCUT2D eigenvalue weighted by Crippen LogP contribution is -2.38. The van der Waals surface area contributed by atoms with E-state index >= 15 is 0 Å². The third-order valence-electron chi connectivity index (χ3n) is 9.36. The van der Waals surface area contributed by atoms with Crippen LogP contribution in [0.4, 0.5) is 5.69 Å². The Hall–Kier alpha value is -5.60. The lowest BCUT2D eigenvalue weighted by Gasteiger charge is -2.29. The zero-order chi connectivity index (χ0) is 38.2. The Morgan fingerprint density at radius 3 is 2.04 bits per heavy atom. The second-order valence-corrected chi connectivity index (χ2v) is 12.9. The number of benzene rings is 4. The number of nitrogens with one attached hydrogen (secondary N) is 2. The number of ether oxygens (including phenoxy) is 4. The Balaban J connectivity index is 1.02. The highest BCUT2D eigenvalue weighted by atomic mass is 16.5. The molecule has 13 nitrogen and oxygen atoms in total. The summed E-state index contributed by atoms with van der Waals surface area (Å²) in [5, 5.41) is 50.0. The van der Waals surface area contributed by atoms with Crippen LogP contribution in [0, 0.1) is 6.92 Å². The molecule has 2 heterocycles. The Morgan fingerprint density at radius 2 is 1.39 bits per heavy atom. The van der Waals surface area contributed by atoms with Crippen molar-refractivity contribution in [2.45, 2.75) is 58.8 Å². The van der Waals surface area contributed by atoms with E-state index in [9.17, 15) is 25.2 Å². The van der Waals surface area contributed by atoms with E-state index in [4.69, 9.17) is 23.5 Å². The van der Waals surface area contributed by atoms with Gasteiger partial charge in [-0.2, -0.15) is 0 Å². The van der Waals surface area contributed by atoms with Gasteiger partial charge in [0.15, 0.2) is 17.3 Å². The van der Waals surface area contributed by atoms with Gasteiger partial charge in [0.2, 0.25) is 5.75 Å². The molecule has 4 aromatic carbocycles. The van der Waals surface area contributed by atoms with Crippen LogP contribution >= 0.6 is 0 Å². The molecular formula is C41H45N3O10. The third kappa shape index (κ3) is 8.29. The van der Waals surface area contributed by atoms with Gasteiger partial charge in [0.05, 0.1) is 59.4 Å². The Morgan fingerprint density at radius 1 is 0.704 bits per heavy atom. The van der Waals surface area contributed by atoms with Crippen molar-refractivity contribution in [2.24, 2.45) is 0 Å². The molecule has 1 unspecified atom stereocenters. The normalized spacial score (nSPS) is 13.5. The SMILES string of the molecule is COc1cc(-c2cc(-c3cc(CO)c(CO)c(CO)c3)no2)cc(OC)c1OCCCCCOc1ccc(C2NC(=O)c3cc(C)ccc3N2)cc1CO. The maximum absolute atomic E-state index is 12.7. The minimum Gasteiger partial charge on any atom is -0.493 e. The zero-order valence-electron chi connectivity index (χ0n) is 30.5. The van der Waals surface area contributed by atoms with Crippen molar-refractivity contribution in [1.29, 1.82) is 0 Å². The number of carbonyl (C=O) groups excluding carboxylic acids is 1. The number of amides is 1. The molecule has 1 aromatic heterocycles. The molecule has 0 saturated carbocycles. The van der Waals surface area contributed by atoms with Gasteiger partial charge in [-0.15, -0.1) is 0 Å². The van der Waals surface area contributed by atoms with E-state index in [0.29, 0.717) is 86.6 Å². The van der Waals surface area contributed by atoms with Gasteiger partial charge in [0.25, 0.3) is 5.91 Å². The Bertz CT molecular complexity index is 2050. The van der Waals surface area contributed by atoms with E-state index < -0.39 is 6.17 Å². The highest BCUT2D eigenvalue weighted by Crippen LogP contribution is 2.42. The first kappa shape index (κ1) is 38.1. The molecule has 13 heteroatoms. The molecule has 0 saturated heterocycles. The van der Waals surface area contributed by atoms with E-state index in [2.05, 4.69) is 15.8 Å². The number of methoxy groups -OCH3 is 2. The van der Waals surface area contributed by atoms with Gasteiger partial charge in [-0.25, -0.2) is 0 Å². The lowest BCUT2D eigenvalue weighted by atomic mass is 9.97. The van der Waals surface area contributed by atoms with E-state index in [1.165, 1.54) is 0 Å². The number of fused-ring (bicyclic) bond motifs is 1. The summed E-state index contributed by atoms with van der Waals surface area (Å²) in [5.74, 6) is 2.23. The molecule has 0 fully saturated rings. The van der Waals surface area contributed by atoms with Crippen molar-refractivity contribution >= 4 is 11.6 Å². The van der Waals surface area contributed by atoms with E-state index in [1.807, 2.05) is 43.3 Å². The minimum absolute atomic E-state index is 0.150. The molecule has 0 radical (unpaired) electrons. The molecule has 1 atom stereocenters. The van der Waals surface area contributed by atoms with Crippen molar-refractivity contribution in [1.82, 2.24) is 10.5 Å². The Labute approximate surface area is 313 Å². The van der Waals surface area contributed by atoms with Crippen LogP contribution in [-0.4, -0.2) is 58.9 Å². The number of rotatable bonds is 17. The first-order valence-electron chi connectivity index (χ1n) is 17.7. The van der Waals surface area contributed by atoms with Crippen LogP contribution in [0.25, 0.3) is 22.6 Å². The third-order valence-corrected chi connectivity index (χ3v) is 9.36. The number of aryl methyl sites for hydroxylation is 1. The smallest absolute Gasteiger partial charge is 0.255 e. The van der Waals surface area contributed by atoms with Crippen LogP contribution in [0.15, 0.2) is 71.3 Å². The molecule has 0 bridgehead atoms. The molecular weight excluding hydrogens is 694 g/mol. The predicted molar refractivity (Wildman–Crippen MR) is 200 cm³/mol. The van der Waals surface area contributed by atoms with Crippen LogP contribution in [0.2, 0.25) is 0 Å². The minimum atomic E-state index is -0.430. The van der Waals surface area contributed by atoms with Crippen LogP contribution in [0.1, 0.15) is 69.2 Å². The van der Waals surface area contributed by atoms with Gasteiger partial charge < -0.3 is 54.5 Å². The van der Waals surface area contributed by atoms with E-state index in [0.717, 1.165) is 36.1 Å². The average molecular weight is 740 g/mol. The highest BCUT2D eigenvalue weighted by Gasteiger charge is 2.25. The zero-order valence-corrected chi connectivity index (χ0v) is 30.5. The molecule has 1 aliphatic rings. The second kappa shape index (κ2) is 17.5. The molecule has 1 aliphatic heterocycles. The summed E-state index contributed by atoms with van der Waals surface area (Å²) < 4.78 is 29.1. The number of hydrogen-bond donors (Lipinski definition) is 6. The van der Waals surface area contributed by atoms with Gasteiger partial charge in [-0.3, -0.25) is 4.79 Å². The van der Waals surface area contributed by atoms with Crippen molar-refractivity contribution in [3.05, 3.63) is 106 Å². The summed E-state index contributed by atoms with van der Waals surface area (Å²) in [5.41, 5.74) is 7.04. The van der Waals surface area contributed by atoms with Gasteiger partial charge >= 0.3 is 0 Å². The van der Waals surface area contributed by atoms with Crippen molar-refractivity contribution < 1.29 is 48.7 Å². The topological polar surface area (TPSA) is 185 Å². The van der Waals surface area contributed by atoms with Crippen molar-refractivity contribution in [3.8, 4) is 45.6 Å². The standard InChI is InChI=1S/C41H45N3O10/c1-24-7-9-33-31(13-24)41(49)43-40(42-33)25-8-10-35(30(14-25)22-47)52-11-5-4-6-12-53-39-37(50-2)17-27(18-38(39)51-3)36-19-34(44-54-36)26-15-28(20-45)32(23-48)29(16-26)21-46/h7-10,13-19,40,42,45-48H,4-6,11-12,20-23H2,1-3H3,(H,43,49). The number of nitrogens with zero attached hydrogens (tertiary/aromatic N) is 1. The number of aliphatic hydroxyl groups is 4. The summed E-state index contributed by atoms with van der Waals surface area (Å²) >= 11 is 0. The maximum Gasteiger partial charge on any atom is 0.255 e. The molecule has 0 aliphatic carbocycles. The van der Waals surface area contributed by atoms with Gasteiger partial charge in [0.1, 0.15) is 17.6 Å². The number of aromatic nitrogens is 1. The van der Waals surface area contributed by atoms with Crippen LogP contribution in [0.3, 0.4) is 0 Å². The van der Waals surface area contributed by atoms with Crippen LogP contribution < -0.4 is 29.6 Å². The largest absolute Gasteiger partial charge is 0.493 e. The van der Waals surface area contributed by atoms with E-state index in [1.54, 1.807) is 44.6 Å². The summed E-state index contributed by atoms with van der Waals surface area (Å²) in [7, 11) is 3.08. The molecule has 6 N–H and O–H groups in total. The fourth-order valence-electron chi connectivity index (χ4n) is 6.46. The number of unbranched alkanes of at least 4 members (excludes halogenated alkanes) is 2. The molecule has 1 amide bonds. The summed E-state index contributed by atoms with van der Waals surface area (Å²) in [6, 6.07) is 19.9. The number of hydrogen-bond acceptors (Lipinski definition) is 12. The van der Waals surface area contributed by atoms with Gasteiger partial charge in [0, 0.05) is 28.4 Å². The monoisotopic (exact) mass is 739 g/mol. The van der Waals surface area contributed by atoms with Gasteiger partial charge in [-0.05, 0) is 97.0 Å². The predicted octanol–water partition coefficient (Wildman–Crippen LogP) is 5.79. The van der Waals surface area contributed by atoms with E-state index in [-0.39, 0.29) is 32.3 Å². The number of aliphatic hydroxyl groups excluding tert-OH is 4. The molecule has 0 spiro atoms. The van der Waals surface area contributed by atoms with Gasteiger partial charge in [-0.1, -0.05) is 22.9 Å². The summed E-state index contributed by atoms with van der Waals surface area (Å²) in [4.78, 5) is 12.7. The first-order chi connectivity index (χ1) is 26.3. The molecule has 6 rings (SSSR count). The van der Waals surface area contributed by atoms with Crippen molar-refractivity contribution in [3.63, 3.8) is 0 Å². The summed E-state index contributed by atoms with van der Waals surface area (Å²) in [6.07, 6.45) is 1.89. The average Bonchev–Trinajstić information content (AvgIpc) is 3.70. The maximum atomic E-state index is 12.7. The van der Waals surface area contributed by atoms with Crippen LogP contribution in [0.5, 0.6) is 23.0 Å². The number of anilines is 1. The second-order valence-electron chi connectivity index (χ2n) is 12.9. The fourth-order valence-corrected chi connectivity index (χ4v) is 6.46. The highest BCUT2D eigenvalue weighted by molar-refractivity contribution is 6.01. The fraction of sp³-hybridized carbons (Fsp3) is 0.317. The molecule has 284 valence electrons. The summed E-state index contributed by atoms with van der Waals surface area (Å²) in [6.45, 7) is 1.69. The quantitative estimate of drug-likeness (QED) is 0.0633. The van der Waals surface area contributed by atoms with Crippen molar-refractivity contribution in [2.75, 3.05) is 32.8 Å². The molecule has 54 heavy (non-hydrogen) atoms. The van der Waals surface area contributed by atoms with Crippen LogP contribution in [-0.2, 0) is 26.4 Å². The Kier molecular flexibility index (Phi) is 12.3. The first-order valence-corrected chi connectivity index (χ1v) is 17.7. The molecule has 5 aromatic rings. The number of carbonyl (C=O) groups is 1.